The number of hydrogen-bond donors (Lipinski definition) is 1. The Kier molecular flexibility index (Phi) is 4.15. The van der Waals surface area contributed by atoms with Gasteiger partial charge in [-0.25, -0.2) is 4.98 Å². The van der Waals surface area contributed by atoms with Crippen molar-refractivity contribution in [3.05, 3.63) is 69.3 Å². The fraction of sp³-hybridized carbons (Fsp3) is 0.250. The summed E-state index contributed by atoms with van der Waals surface area (Å²) in [6.45, 7) is 2.14. The number of H-pyrrole nitrogens is 1. The van der Waals surface area contributed by atoms with Crippen molar-refractivity contribution in [3.63, 3.8) is 0 Å². The fourth-order valence-corrected chi connectivity index (χ4v) is 3.49. The number of nitriles is 1. The number of benzene rings is 2. The van der Waals surface area contributed by atoms with Gasteiger partial charge in [-0.05, 0) is 41.8 Å². The molecule has 130 valence electrons. The van der Waals surface area contributed by atoms with E-state index in [-0.39, 0.29) is 5.56 Å². The molecule has 0 saturated heterocycles. The smallest absolute Gasteiger partial charge is 0.258 e. The molecule has 6 nitrogen and oxygen atoms in total. The fourth-order valence-electron chi connectivity index (χ4n) is 3.49. The molecule has 26 heavy (non-hydrogen) atoms. The van der Waals surface area contributed by atoms with Gasteiger partial charge in [0.05, 0.1) is 36.2 Å². The standard InChI is InChI=1S/C20H18N4O2/c1-26-15-5-6-18-17(9-15)20(25)23-19(22-18)12-24-8-7-16-13(10-21)3-2-4-14(16)11-24/h2-6,9H,7-8,11-12H2,1H3,(H,22,23,25). The first-order valence-electron chi connectivity index (χ1n) is 8.48. The SMILES string of the molecule is COc1ccc2nc(CN3CCc4c(C#N)cccc4C3)[nH]c(=O)c2c1. The molecule has 6 heteroatoms. The Bertz CT molecular complexity index is 1080. The molecule has 2 heterocycles. The highest BCUT2D eigenvalue weighted by molar-refractivity contribution is 5.79. The minimum Gasteiger partial charge on any atom is -0.497 e. The van der Waals surface area contributed by atoms with Crippen LogP contribution in [-0.2, 0) is 19.5 Å². The van der Waals surface area contributed by atoms with Crippen LogP contribution in [0.4, 0.5) is 0 Å². The molecule has 2 aromatic carbocycles. The third-order valence-corrected chi connectivity index (χ3v) is 4.80. The van der Waals surface area contributed by atoms with Gasteiger partial charge in [-0.3, -0.25) is 9.69 Å². The molecule has 1 N–H and O–H groups in total. The molecule has 0 fully saturated rings. The van der Waals surface area contributed by atoms with E-state index < -0.39 is 0 Å². The van der Waals surface area contributed by atoms with Crippen molar-refractivity contribution < 1.29 is 4.74 Å². The Morgan fingerprint density at radius 3 is 3.04 bits per heavy atom. The maximum Gasteiger partial charge on any atom is 0.258 e. The first-order chi connectivity index (χ1) is 12.7. The summed E-state index contributed by atoms with van der Waals surface area (Å²) in [6, 6.07) is 13.4. The number of hydrogen-bond acceptors (Lipinski definition) is 5. The van der Waals surface area contributed by atoms with E-state index in [0.717, 1.165) is 30.6 Å². The lowest BCUT2D eigenvalue weighted by atomic mass is 9.95. The third-order valence-electron chi connectivity index (χ3n) is 4.80. The Hall–Kier alpha value is -3.17. The molecular weight excluding hydrogens is 328 g/mol. The summed E-state index contributed by atoms with van der Waals surface area (Å²) in [7, 11) is 1.57. The maximum atomic E-state index is 12.4. The van der Waals surface area contributed by atoms with Gasteiger partial charge in [0, 0.05) is 13.1 Å². The van der Waals surface area contributed by atoms with Gasteiger partial charge >= 0.3 is 0 Å². The average molecular weight is 346 g/mol. The Labute approximate surface area is 150 Å². The van der Waals surface area contributed by atoms with Gasteiger partial charge in [-0.2, -0.15) is 5.26 Å². The van der Waals surface area contributed by atoms with Crippen LogP contribution < -0.4 is 10.3 Å². The van der Waals surface area contributed by atoms with Crippen LogP contribution in [0, 0.1) is 11.3 Å². The van der Waals surface area contributed by atoms with Crippen LogP contribution in [0.25, 0.3) is 10.9 Å². The molecule has 4 rings (SSSR count). The molecule has 0 bridgehead atoms. The Balaban J connectivity index is 1.60. The van der Waals surface area contributed by atoms with E-state index in [1.54, 1.807) is 25.3 Å². The van der Waals surface area contributed by atoms with Gasteiger partial charge in [0.15, 0.2) is 0 Å². The zero-order valence-electron chi connectivity index (χ0n) is 14.5. The van der Waals surface area contributed by atoms with Crippen LogP contribution in [0.15, 0.2) is 41.2 Å². The zero-order chi connectivity index (χ0) is 18.1. The van der Waals surface area contributed by atoms with Gasteiger partial charge in [-0.15, -0.1) is 0 Å². The molecule has 0 unspecified atom stereocenters. The zero-order valence-corrected chi connectivity index (χ0v) is 14.5. The molecule has 3 aromatic rings. The quantitative estimate of drug-likeness (QED) is 0.787. The van der Waals surface area contributed by atoms with E-state index in [4.69, 9.17) is 4.74 Å². The number of nitrogens with zero attached hydrogens (tertiary/aromatic N) is 3. The lowest BCUT2D eigenvalue weighted by Gasteiger charge is -2.28. The largest absolute Gasteiger partial charge is 0.497 e. The van der Waals surface area contributed by atoms with E-state index in [9.17, 15) is 10.1 Å². The van der Waals surface area contributed by atoms with Crippen molar-refractivity contribution in [3.8, 4) is 11.8 Å². The summed E-state index contributed by atoms with van der Waals surface area (Å²) < 4.78 is 5.17. The monoisotopic (exact) mass is 346 g/mol. The van der Waals surface area contributed by atoms with Crippen LogP contribution in [0.3, 0.4) is 0 Å². The van der Waals surface area contributed by atoms with Crippen molar-refractivity contribution >= 4 is 10.9 Å². The number of methoxy groups -OCH3 is 1. The minimum atomic E-state index is -0.159. The maximum absolute atomic E-state index is 12.4. The lowest BCUT2D eigenvalue weighted by molar-refractivity contribution is 0.239. The van der Waals surface area contributed by atoms with Gasteiger partial charge < -0.3 is 9.72 Å². The molecule has 0 aliphatic carbocycles. The molecule has 0 amide bonds. The number of rotatable bonds is 3. The Morgan fingerprint density at radius 1 is 1.35 bits per heavy atom. The van der Waals surface area contributed by atoms with E-state index in [2.05, 4.69) is 27.0 Å². The summed E-state index contributed by atoms with van der Waals surface area (Å²) in [4.78, 5) is 22.1. The van der Waals surface area contributed by atoms with E-state index >= 15 is 0 Å². The second kappa shape index (κ2) is 6.62. The lowest BCUT2D eigenvalue weighted by Crippen LogP contribution is -2.32. The van der Waals surface area contributed by atoms with Gasteiger partial charge in [0.2, 0.25) is 0 Å². The van der Waals surface area contributed by atoms with E-state index in [1.807, 2.05) is 12.1 Å². The molecule has 0 spiro atoms. The Morgan fingerprint density at radius 2 is 2.23 bits per heavy atom. The highest BCUT2D eigenvalue weighted by atomic mass is 16.5. The van der Waals surface area contributed by atoms with Crippen molar-refractivity contribution in [2.24, 2.45) is 0 Å². The van der Waals surface area contributed by atoms with Crippen molar-refractivity contribution in [1.82, 2.24) is 14.9 Å². The van der Waals surface area contributed by atoms with Gasteiger partial charge in [-0.1, -0.05) is 12.1 Å². The second-order valence-electron chi connectivity index (χ2n) is 6.41. The number of nitrogens with one attached hydrogen (secondary N) is 1. The third kappa shape index (κ3) is 2.93. The average Bonchev–Trinajstić information content (AvgIpc) is 2.67. The number of aromatic amines is 1. The summed E-state index contributed by atoms with van der Waals surface area (Å²) >= 11 is 0. The van der Waals surface area contributed by atoms with Crippen molar-refractivity contribution in [2.45, 2.75) is 19.5 Å². The minimum absolute atomic E-state index is 0.159. The van der Waals surface area contributed by atoms with Crippen LogP contribution in [0.5, 0.6) is 5.75 Å². The highest BCUT2D eigenvalue weighted by Crippen LogP contribution is 2.23. The normalized spacial score (nSPS) is 14.0. The summed E-state index contributed by atoms with van der Waals surface area (Å²) in [5.41, 5.74) is 3.57. The van der Waals surface area contributed by atoms with Crippen LogP contribution in [-0.4, -0.2) is 28.5 Å². The first-order valence-corrected chi connectivity index (χ1v) is 8.48. The molecule has 0 saturated carbocycles. The second-order valence-corrected chi connectivity index (χ2v) is 6.41. The van der Waals surface area contributed by atoms with E-state index in [1.165, 1.54) is 5.56 Å². The summed E-state index contributed by atoms with van der Waals surface area (Å²) in [5.74, 6) is 1.28. The van der Waals surface area contributed by atoms with Gasteiger partial charge in [0.1, 0.15) is 11.6 Å². The molecule has 1 aromatic heterocycles. The number of ether oxygens (including phenoxy) is 1. The van der Waals surface area contributed by atoms with Crippen LogP contribution in [0.2, 0.25) is 0 Å². The summed E-state index contributed by atoms with van der Waals surface area (Å²) in [6.07, 6.45) is 0.827. The predicted octanol–water partition coefficient (Wildman–Crippen LogP) is 2.36. The summed E-state index contributed by atoms with van der Waals surface area (Å²) in [5, 5.41) is 9.76. The molecule has 0 radical (unpaired) electrons. The predicted molar refractivity (Wildman–Crippen MR) is 97.9 cm³/mol. The molecule has 1 aliphatic heterocycles. The van der Waals surface area contributed by atoms with Crippen LogP contribution >= 0.6 is 0 Å². The molecule has 1 aliphatic rings. The molecule has 0 atom stereocenters. The van der Waals surface area contributed by atoms with Crippen LogP contribution in [0.1, 0.15) is 22.5 Å². The topological polar surface area (TPSA) is 82.0 Å². The van der Waals surface area contributed by atoms with Gasteiger partial charge in [0.25, 0.3) is 5.56 Å². The van der Waals surface area contributed by atoms with Crippen molar-refractivity contribution in [1.29, 1.82) is 5.26 Å². The number of aromatic nitrogens is 2. The first kappa shape index (κ1) is 16.3. The number of fused-ring (bicyclic) bond motifs is 2. The molecular formula is C20H18N4O2. The van der Waals surface area contributed by atoms with Crippen molar-refractivity contribution in [2.75, 3.05) is 13.7 Å². The van der Waals surface area contributed by atoms with E-state index in [0.29, 0.717) is 29.0 Å². The highest BCUT2D eigenvalue weighted by Gasteiger charge is 2.19.